The maximum Gasteiger partial charge on any atom is 0.124 e. The van der Waals surface area contributed by atoms with Crippen LogP contribution >= 0.6 is 15.9 Å². The number of aromatic nitrogens is 2. The molecule has 0 spiro atoms. The van der Waals surface area contributed by atoms with Gasteiger partial charge in [0.2, 0.25) is 0 Å². The third-order valence-corrected chi connectivity index (χ3v) is 4.03. The molecular formula is C15H18BrN3O. The molecule has 1 aliphatic heterocycles. The molecule has 106 valence electrons. The van der Waals surface area contributed by atoms with Gasteiger partial charge in [0.25, 0.3) is 0 Å². The zero-order valence-electron chi connectivity index (χ0n) is 11.4. The van der Waals surface area contributed by atoms with E-state index in [9.17, 15) is 0 Å². The highest BCUT2D eigenvalue weighted by Crippen LogP contribution is 2.34. The molecule has 2 unspecified atom stereocenters. The summed E-state index contributed by atoms with van der Waals surface area (Å²) in [6, 6.07) is 6.92. The largest absolute Gasteiger partial charge is 0.493 e. The number of fused-ring (bicyclic) bond motifs is 1. The minimum atomic E-state index is 0.342. The van der Waals surface area contributed by atoms with Gasteiger partial charge in [0, 0.05) is 47.5 Å². The number of imidazole rings is 1. The summed E-state index contributed by atoms with van der Waals surface area (Å²) >= 11 is 3.54. The van der Waals surface area contributed by atoms with Gasteiger partial charge in [0.15, 0.2) is 0 Å². The molecule has 0 saturated carbocycles. The minimum Gasteiger partial charge on any atom is -0.493 e. The number of halogens is 1. The molecule has 3 rings (SSSR count). The van der Waals surface area contributed by atoms with Crippen LogP contribution in [-0.4, -0.2) is 22.2 Å². The van der Waals surface area contributed by atoms with Gasteiger partial charge in [-0.25, -0.2) is 4.98 Å². The van der Waals surface area contributed by atoms with Gasteiger partial charge in [0.05, 0.1) is 12.9 Å². The lowest BCUT2D eigenvalue weighted by molar-refractivity contribution is 0.242. The van der Waals surface area contributed by atoms with E-state index in [1.807, 2.05) is 30.9 Å². The highest BCUT2D eigenvalue weighted by atomic mass is 79.9. The van der Waals surface area contributed by atoms with E-state index in [0.717, 1.165) is 29.8 Å². The van der Waals surface area contributed by atoms with Crippen LogP contribution in [0.15, 0.2) is 41.4 Å². The second-order valence-electron chi connectivity index (χ2n) is 5.20. The topological polar surface area (TPSA) is 39.1 Å². The normalized spacial score (nSPS) is 19.2. The Bertz CT molecular complexity index is 571. The Morgan fingerprint density at radius 1 is 1.55 bits per heavy atom. The Hall–Kier alpha value is -1.33. The SMILES string of the molecule is CC(Cn1ccnc1)NC1CCOc2ccc(Br)cc21. The van der Waals surface area contributed by atoms with Crippen LogP contribution in [0, 0.1) is 0 Å². The summed E-state index contributed by atoms with van der Waals surface area (Å²) < 4.78 is 8.91. The van der Waals surface area contributed by atoms with E-state index < -0.39 is 0 Å². The molecular weight excluding hydrogens is 318 g/mol. The van der Waals surface area contributed by atoms with Crippen molar-refractivity contribution < 1.29 is 4.74 Å². The van der Waals surface area contributed by atoms with Crippen LogP contribution in [0.1, 0.15) is 24.9 Å². The monoisotopic (exact) mass is 335 g/mol. The Morgan fingerprint density at radius 3 is 3.25 bits per heavy atom. The van der Waals surface area contributed by atoms with Gasteiger partial charge in [-0.15, -0.1) is 0 Å². The van der Waals surface area contributed by atoms with Crippen molar-refractivity contribution in [3.05, 3.63) is 47.0 Å². The van der Waals surface area contributed by atoms with Crippen molar-refractivity contribution in [1.29, 1.82) is 0 Å². The summed E-state index contributed by atoms with van der Waals surface area (Å²) in [5, 5.41) is 3.69. The summed E-state index contributed by atoms with van der Waals surface area (Å²) in [6.07, 6.45) is 6.66. The second kappa shape index (κ2) is 5.97. The molecule has 0 fully saturated rings. The predicted molar refractivity (Wildman–Crippen MR) is 81.8 cm³/mol. The first kappa shape index (κ1) is 13.6. The van der Waals surface area contributed by atoms with Crippen LogP contribution in [-0.2, 0) is 6.54 Å². The fourth-order valence-electron chi connectivity index (χ4n) is 2.65. The first-order chi connectivity index (χ1) is 9.72. The maximum absolute atomic E-state index is 5.72. The zero-order valence-corrected chi connectivity index (χ0v) is 13.0. The van der Waals surface area contributed by atoms with E-state index in [1.165, 1.54) is 5.56 Å². The van der Waals surface area contributed by atoms with Gasteiger partial charge in [-0.2, -0.15) is 0 Å². The Morgan fingerprint density at radius 2 is 2.45 bits per heavy atom. The smallest absolute Gasteiger partial charge is 0.124 e. The minimum absolute atomic E-state index is 0.342. The van der Waals surface area contributed by atoms with Crippen LogP contribution in [0.4, 0.5) is 0 Å². The standard InChI is InChI=1S/C15H18BrN3O/c1-11(9-19-6-5-17-10-19)18-14-4-7-20-15-3-2-12(16)8-13(14)15/h2-3,5-6,8,10-11,14,18H,4,7,9H2,1H3. The van der Waals surface area contributed by atoms with Crippen molar-refractivity contribution in [2.75, 3.05) is 6.61 Å². The fraction of sp³-hybridized carbons (Fsp3) is 0.400. The van der Waals surface area contributed by atoms with Crippen LogP contribution in [0.25, 0.3) is 0 Å². The fourth-order valence-corrected chi connectivity index (χ4v) is 3.02. The average molecular weight is 336 g/mol. The van der Waals surface area contributed by atoms with Crippen LogP contribution in [0.5, 0.6) is 5.75 Å². The second-order valence-corrected chi connectivity index (χ2v) is 6.11. The number of nitrogens with zero attached hydrogens (tertiary/aromatic N) is 2. The zero-order chi connectivity index (χ0) is 13.9. The number of ether oxygens (including phenoxy) is 1. The third-order valence-electron chi connectivity index (χ3n) is 3.54. The van der Waals surface area contributed by atoms with Crippen molar-refractivity contribution in [2.24, 2.45) is 0 Å². The van der Waals surface area contributed by atoms with E-state index in [4.69, 9.17) is 4.74 Å². The van der Waals surface area contributed by atoms with Crippen molar-refractivity contribution in [3.63, 3.8) is 0 Å². The van der Waals surface area contributed by atoms with Gasteiger partial charge in [-0.3, -0.25) is 0 Å². The molecule has 1 aromatic carbocycles. The van der Waals surface area contributed by atoms with E-state index in [-0.39, 0.29) is 0 Å². The molecule has 2 heterocycles. The molecule has 1 aliphatic rings. The molecule has 1 aromatic heterocycles. The van der Waals surface area contributed by atoms with Gasteiger partial charge in [-0.1, -0.05) is 15.9 Å². The number of rotatable bonds is 4. The van der Waals surface area contributed by atoms with Gasteiger partial charge >= 0.3 is 0 Å². The molecule has 2 aromatic rings. The average Bonchev–Trinajstić information content (AvgIpc) is 2.92. The number of hydrogen-bond donors (Lipinski definition) is 1. The summed E-state index contributed by atoms with van der Waals surface area (Å²) in [4.78, 5) is 4.08. The van der Waals surface area contributed by atoms with Crippen molar-refractivity contribution in [1.82, 2.24) is 14.9 Å². The molecule has 1 N–H and O–H groups in total. The summed E-state index contributed by atoms with van der Waals surface area (Å²) in [6.45, 7) is 3.89. The summed E-state index contributed by atoms with van der Waals surface area (Å²) in [5.74, 6) is 0.992. The molecule has 0 amide bonds. The molecule has 0 aliphatic carbocycles. The lowest BCUT2D eigenvalue weighted by Crippen LogP contribution is -2.36. The quantitative estimate of drug-likeness (QED) is 0.932. The third kappa shape index (κ3) is 3.04. The van der Waals surface area contributed by atoms with Crippen LogP contribution in [0.3, 0.4) is 0 Å². The van der Waals surface area contributed by atoms with Crippen molar-refractivity contribution in [2.45, 2.75) is 32.0 Å². The molecule has 0 radical (unpaired) electrons. The van der Waals surface area contributed by atoms with Crippen LogP contribution < -0.4 is 10.1 Å². The first-order valence-corrected chi connectivity index (χ1v) is 7.66. The maximum atomic E-state index is 5.72. The molecule has 4 nitrogen and oxygen atoms in total. The van der Waals surface area contributed by atoms with E-state index >= 15 is 0 Å². The Balaban J connectivity index is 1.71. The van der Waals surface area contributed by atoms with Crippen LogP contribution in [0.2, 0.25) is 0 Å². The molecule has 2 atom stereocenters. The van der Waals surface area contributed by atoms with E-state index in [0.29, 0.717) is 12.1 Å². The lowest BCUT2D eigenvalue weighted by atomic mass is 10.00. The molecule has 20 heavy (non-hydrogen) atoms. The first-order valence-electron chi connectivity index (χ1n) is 6.86. The summed E-state index contributed by atoms with van der Waals surface area (Å²) in [5.41, 5.74) is 1.24. The highest BCUT2D eigenvalue weighted by Gasteiger charge is 2.22. The number of nitrogens with one attached hydrogen (secondary N) is 1. The van der Waals surface area contributed by atoms with Crippen molar-refractivity contribution in [3.8, 4) is 5.75 Å². The highest BCUT2D eigenvalue weighted by molar-refractivity contribution is 9.10. The number of hydrogen-bond acceptors (Lipinski definition) is 3. The molecule has 0 saturated heterocycles. The summed E-state index contributed by atoms with van der Waals surface area (Å²) in [7, 11) is 0. The Labute approximate surface area is 127 Å². The Kier molecular flexibility index (Phi) is 4.08. The van der Waals surface area contributed by atoms with E-state index in [1.54, 1.807) is 0 Å². The van der Waals surface area contributed by atoms with Crippen molar-refractivity contribution >= 4 is 15.9 Å². The lowest BCUT2D eigenvalue weighted by Gasteiger charge is -2.29. The van der Waals surface area contributed by atoms with E-state index in [2.05, 4.69) is 43.8 Å². The molecule has 5 heteroatoms. The molecule has 0 bridgehead atoms. The van der Waals surface area contributed by atoms with Gasteiger partial charge in [0.1, 0.15) is 5.75 Å². The van der Waals surface area contributed by atoms with Gasteiger partial charge in [-0.05, 0) is 25.1 Å². The van der Waals surface area contributed by atoms with Gasteiger partial charge < -0.3 is 14.6 Å². The predicted octanol–water partition coefficient (Wildman–Crippen LogP) is 3.15. The number of benzene rings is 1.